The minimum atomic E-state index is 0.391. The van der Waals surface area contributed by atoms with Crippen LogP contribution in [0.3, 0.4) is 0 Å². The third-order valence-electron chi connectivity index (χ3n) is 2.55. The Morgan fingerprint density at radius 1 is 1.53 bits per heavy atom. The fraction of sp³-hybridized carbons (Fsp3) is 1.00. The molecule has 0 saturated carbocycles. The maximum Gasteiger partial charge on any atom is 0.0826 e. The van der Waals surface area contributed by atoms with Crippen LogP contribution in [0, 0.1) is 0 Å². The summed E-state index contributed by atoms with van der Waals surface area (Å²) >= 11 is 2.03. The summed E-state index contributed by atoms with van der Waals surface area (Å²) in [6, 6.07) is 0. The van der Waals surface area contributed by atoms with Crippen molar-refractivity contribution in [2.45, 2.75) is 19.4 Å². The highest BCUT2D eigenvalue weighted by Gasteiger charge is 2.14. The SMILES string of the molecule is CCSCCCN(C)CC1CNCCO1. The van der Waals surface area contributed by atoms with Crippen molar-refractivity contribution < 1.29 is 4.74 Å². The van der Waals surface area contributed by atoms with Gasteiger partial charge >= 0.3 is 0 Å². The van der Waals surface area contributed by atoms with E-state index in [1.165, 1.54) is 24.5 Å². The fourth-order valence-electron chi connectivity index (χ4n) is 1.76. The van der Waals surface area contributed by atoms with Gasteiger partial charge in [-0.2, -0.15) is 11.8 Å². The molecule has 0 aromatic rings. The van der Waals surface area contributed by atoms with Gasteiger partial charge in [-0.25, -0.2) is 0 Å². The smallest absolute Gasteiger partial charge is 0.0826 e. The van der Waals surface area contributed by atoms with Crippen LogP contribution in [0.5, 0.6) is 0 Å². The van der Waals surface area contributed by atoms with E-state index >= 15 is 0 Å². The molecule has 1 fully saturated rings. The van der Waals surface area contributed by atoms with Crippen molar-refractivity contribution in [3.05, 3.63) is 0 Å². The first-order valence-corrected chi connectivity index (χ1v) is 7.07. The molecule has 0 amide bonds. The molecular weight excluding hydrogens is 208 g/mol. The van der Waals surface area contributed by atoms with Crippen LogP contribution in [0.1, 0.15) is 13.3 Å². The summed E-state index contributed by atoms with van der Waals surface area (Å²) in [4.78, 5) is 2.38. The van der Waals surface area contributed by atoms with Crippen LogP contribution in [0.25, 0.3) is 0 Å². The van der Waals surface area contributed by atoms with Crippen LogP contribution in [0.15, 0.2) is 0 Å². The number of rotatable bonds is 7. The number of morpholine rings is 1. The Balaban J connectivity index is 1.98. The molecule has 1 N–H and O–H groups in total. The molecule has 1 unspecified atom stereocenters. The third-order valence-corrected chi connectivity index (χ3v) is 3.54. The van der Waals surface area contributed by atoms with E-state index in [4.69, 9.17) is 4.74 Å². The Bertz CT molecular complexity index is 152. The van der Waals surface area contributed by atoms with E-state index in [1.54, 1.807) is 0 Å². The number of hydrogen-bond donors (Lipinski definition) is 1. The summed E-state index contributed by atoms with van der Waals surface area (Å²) in [6.45, 7) is 7.35. The molecule has 15 heavy (non-hydrogen) atoms. The van der Waals surface area contributed by atoms with E-state index in [0.717, 1.165) is 26.2 Å². The lowest BCUT2D eigenvalue weighted by Gasteiger charge is -2.27. The molecule has 0 radical (unpaired) electrons. The molecule has 1 rings (SSSR count). The van der Waals surface area contributed by atoms with E-state index in [2.05, 4.69) is 24.2 Å². The molecule has 1 atom stereocenters. The molecule has 0 bridgehead atoms. The molecule has 0 spiro atoms. The molecule has 1 heterocycles. The van der Waals surface area contributed by atoms with Gasteiger partial charge in [0.15, 0.2) is 0 Å². The van der Waals surface area contributed by atoms with Gasteiger partial charge < -0.3 is 15.0 Å². The van der Waals surface area contributed by atoms with Crippen molar-refractivity contribution in [1.29, 1.82) is 0 Å². The largest absolute Gasteiger partial charge is 0.374 e. The summed E-state index contributed by atoms with van der Waals surface area (Å²) in [7, 11) is 2.19. The highest BCUT2D eigenvalue weighted by molar-refractivity contribution is 7.99. The van der Waals surface area contributed by atoms with Gasteiger partial charge in [0.05, 0.1) is 12.7 Å². The van der Waals surface area contributed by atoms with Crippen LogP contribution in [-0.4, -0.2) is 62.3 Å². The van der Waals surface area contributed by atoms with Gasteiger partial charge in [-0.1, -0.05) is 6.92 Å². The fourth-order valence-corrected chi connectivity index (χ4v) is 2.38. The van der Waals surface area contributed by atoms with Crippen LogP contribution < -0.4 is 5.32 Å². The summed E-state index contributed by atoms with van der Waals surface area (Å²) in [5.41, 5.74) is 0. The van der Waals surface area contributed by atoms with Crippen molar-refractivity contribution in [3.8, 4) is 0 Å². The van der Waals surface area contributed by atoms with Crippen molar-refractivity contribution in [2.24, 2.45) is 0 Å². The predicted octanol–water partition coefficient (Wildman–Crippen LogP) is 1.05. The lowest BCUT2D eigenvalue weighted by Crippen LogP contribution is -2.44. The predicted molar refractivity (Wildman–Crippen MR) is 67.7 cm³/mol. The third kappa shape index (κ3) is 6.40. The molecule has 1 saturated heterocycles. The lowest BCUT2D eigenvalue weighted by molar-refractivity contribution is 0.0102. The van der Waals surface area contributed by atoms with Gasteiger partial charge in [-0.15, -0.1) is 0 Å². The molecule has 3 nitrogen and oxygen atoms in total. The minimum Gasteiger partial charge on any atom is -0.374 e. The monoisotopic (exact) mass is 232 g/mol. The van der Waals surface area contributed by atoms with Gasteiger partial charge in [0.2, 0.25) is 0 Å². The Morgan fingerprint density at radius 3 is 3.07 bits per heavy atom. The first-order chi connectivity index (χ1) is 7.33. The van der Waals surface area contributed by atoms with Crippen LogP contribution in [0.4, 0.5) is 0 Å². The Morgan fingerprint density at radius 2 is 2.40 bits per heavy atom. The molecule has 0 aromatic heterocycles. The first-order valence-electron chi connectivity index (χ1n) is 5.91. The Kier molecular flexibility index (Phi) is 7.44. The second kappa shape index (κ2) is 8.39. The Labute approximate surface area is 97.9 Å². The van der Waals surface area contributed by atoms with Crippen LogP contribution in [-0.2, 0) is 4.74 Å². The van der Waals surface area contributed by atoms with Crippen LogP contribution >= 0.6 is 11.8 Å². The molecule has 90 valence electrons. The lowest BCUT2D eigenvalue weighted by atomic mass is 10.3. The summed E-state index contributed by atoms with van der Waals surface area (Å²) < 4.78 is 5.67. The van der Waals surface area contributed by atoms with Crippen molar-refractivity contribution in [3.63, 3.8) is 0 Å². The Hall–Kier alpha value is 0.230. The highest BCUT2D eigenvalue weighted by atomic mass is 32.2. The van der Waals surface area contributed by atoms with Gasteiger partial charge in [0.25, 0.3) is 0 Å². The zero-order valence-corrected chi connectivity index (χ0v) is 10.8. The number of nitrogens with one attached hydrogen (secondary N) is 1. The molecular formula is C11H24N2OS. The van der Waals surface area contributed by atoms with Gasteiger partial charge in [0.1, 0.15) is 0 Å². The van der Waals surface area contributed by atoms with Crippen molar-refractivity contribution in [1.82, 2.24) is 10.2 Å². The minimum absolute atomic E-state index is 0.391. The summed E-state index contributed by atoms with van der Waals surface area (Å²) in [6.07, 6.45) is 1.68. The molecule has 1 aliphatic rings. The maximum absolute atomic E-state index is 5.67. The molecule has 1 aliphatic heterocycles. The van der Waals surface area contributed by atoms with E-state index in [1.807, 2.05) is 11.8 Å². The van der Waals surface area contributed by atoms with Gasteiger partial charge in [-0.3, -0.25) is 0 Å². The van der Waals surface area contributed by atoms with E-state index in [0.29, 0.717) is 6.10 Å². The zero-order valence-electron chi connectivity index (χ0n) is 10.00. The second-order valence-electron chi connectivity index (χ2n) is 4.01. The second-order valence-corrected chi connectivity index (χ2v) is 5.40. The molecule has 4 heteroatoms. The highest BCUT2D eigenvalue weighted by Crippen LogP contribution is 2.03. The van der Waals surface area contributed by atoms with E-state index in [9.17, 15) is 0 Å². The first kappa shape index (κ1) is 13.3. The van der Waals surface area contributed by atoms with Crippen LogP contribution in [0.2, 0.25) is 0 Å². The number of thioether (sulfide) groups is 1. The van der Waals surface area contributed by atoms with Crippen molar-refractivity contribution in [2.75, 3.05) is 51.3 Å². The van der Waals surface area contributed by atoms with Gasteiger partial charge in [-0.05, 0) is 31.5 Å². The maximum atomic E-state index is 5.67. The zero-order chi connectivity index (χ0) is 10.9. The molecule has 0 aromatic carbocycles. The average Bonchev–Trinajstić information content (AvgIpc) is 2.26. The number of likely N-dealkylation sites (N-methyl/N-ethyl adjacent to an activating group) is 1. The van der Waals surface area contributed by atoms with Crippen molar-refractivity contribution >= 4 is 11.8 Å². The summed E-state index contributed by atoms with van der Waals surface area (Å²) in [5.74, 6) is 2.52. The normalized spacial score (nSPS) is 22.2. The topological polar surface area (TPSA) is 24.5 Å². The number of hydrogen-bond acceptors (Lipinski definition) is 4. The molecule has 0 aliphatic carbocycles. The van der Waals surface area contributed by atoms with Gasteiger partial charge in [0, 0.05) is 19.6 Å². The summed E-state index contributed by atoms with van der Waals surface area (Å²) in [5, 5.41) is 3.36. The standard InChI is InChI=1S/C11H24N2OS/c1-3-15-8-4-6-13(2)10-11-9-12-5-7-14-11/h11-12H,3-10H2,1-2H3. The number of nitrogens with zero attached hydrogens (tertiary/aromatic N) is 1. The number of ether oxygens (including phenoxy) is 1. The average molecular weight is 232 g/mol. The van der Waals surface area contributed by atoms with E-state index in [-0.39, 0.29) is 0 Å². The van der Waals surface area contributed by atoms with E-state index < -0.39 is 0 Å². The quantitative estimate of drug-likeness (QED) is 0.663.